The van der Waals surface area contributed by atoms with Gasteiger partial charge in [-0.1, -0.05) is 0 Å². The third-order valence-electron chi connectivity index (χ3n) is 2.54. The van der Waals surface area contributed by atoms with E-state index in [4.69, 9.17) is 9.47 Å². The van der Waals surface area contributed by atoms with Gasteiger partial charge in [-0.25, -0.2) is 4.39 Å². The number of aliphatic hydroxyl groups is 1. The summed E-state index contributed by atoms with van der Waals surface area (Å²) in [6.07, 6.45) is -0.231. The summed E-state index contributed by atoms with van der Waals surface area (Å²) in [6.45, 7) is 0.531. The van der Waals surface area contributed by atoms with Gasteiger partial charge in [-0.05, 0) is 24.6 Å². The lowest BCUT2D eigenvalue weighted by Crippen LogP contribution is -2.28. The maximum atomic E-state index is 13.2. The van der Waals surface area contributed by atoms with Gasteiger partial charge in [0.1, 0.15) is 0 Å². The van der Waals surface area contributed by atoms with Crippen molar-refractivity contribution in [3.05, 3.63) is 29.6 Å². The van der Waals surface area contributed by atoms with Gasteiger partial charge < -0.3 is 19.9 Å². The summed E-state index contributed by atoms with van der Waals surface area (Å²) in [5.74, 6) is -0.843. The van der Waals surface area contributed by atoms with E-state index in [1.54, 1.807) is 0 Å². The van der Waals surface area contributed by atoms with Crippen LogP contribution in [0, 0.1) is 5.82 Å². The van der Waals surface area contributed by atoms with Crippen molar-refractivity contribution in [3.63, 3.8) is 0 Å². The molecule has 5 nitrogen and oxygen atoms in total. The number of carbonyl (C=O) groups excluding carboxylic acids is 1. The number of nitrogens with one attached hydrogen (secondary N) is 1. The maximum Gasteiger partial charge on any atom is 0.251 e. The van der Waals surface area contributed by atoms with Crippen molar-refractivity contribution in [1.82, 2.24) is 5.32 Å². The molecule has 0 aliphatic heterocycles. The van der Waals surface area contributed by atoms with E-state index in [1.807, 2.05) is 0 Å². The molecular formula is C13H18FNO4. The summed E-state index contributed by atoms with van der Waals surface area (Å²) in [6, 6.07) is 3.88. The van der Waals surface area contributed by atoms with Crippen molar-refractivity contribution >= 4 is 5.91 Å². The van der Waals surface area contributed by atoms with Crippen LogP contribution in [0.2, 0.25) is 0 Å². The highest BCUT2D eigenvalue weighted by molar-refractivity contribution is 5.94. The lowest BCUT2D eigenvalue weighted by molar-refractivity contribution is 0.0587. The number of amides is 1. The second-order valence-electron chi connectivity index (χ2n) is 4.00. The molecule has 0 saturated heterocycles. The standard InChI is InChI=1S/C13H18FNO4/c1-18-8-10(16)5-6-15-13(17)9-3-4-11(14)12(7-9)19-2/h3-4,7,10,16H,5-6,8H2,1-2H3,(H,15,17). The average molecular weight is 271 g/mol. The molecule has 0 heterocycles. The van der Waals surface area contributed by atoms with Crippen LogP contribution in [-0.2, 0) is 4.74 Å². The molecule has 0 spiro atoms. The fourth-order valence-corrected chi connectivity index (χ4v) is 1.53. The predicted octanol–water partition coefficient (Wildman–Crippen LogP) is 0.961. The number of rotatable bonds is 7. The largest absolute Gasteiger partial charge is 0.494 e. The molecule has 0 radical (unpaired) electrons. The SMILES string of the molecule is COCC(O)CCNC(=O)c1ccc(F)c(OC)c1. The molecule has 1 atom stereocenters. The number of methoxy groups -OCH3 is 2. The molecule has 1 amide bonds. The zero-order chi connectivity index (χ0) is 14.3. The number of hydrogen-bond acceptors (Lipinski definition) is 4. The van der Waals surface area contributed by atoms with Gasteiger partial charge in [0, 0.05) is 19.2 Å². The fraction of sp³-hybridized carbons (Fsp3) is 0.462. The normalized spacial score (nSPS) is 12.0. The lowest BCUT2D eigenvalue weighted by Gasteiger charge is -2.10. The Hall–Kier alpha value is -1.66. The van der Waals surface area contributed by atoms with Crippen LogP contribution in [0.25, 0.3) is 0 Å². The minimum Gasteiger partial charge on any atom is -0.494 e. The molecular weight excluding hydrogens is 253 g/mol. The first-order chi connectivity index (χ1) is 9.08. The Morgan fingerprint density at radius 1 is 1.47 bits per heavy atom. The van der Waals surface area contributed by atoms with Crippen LogP contribution in [0.3, 0.4) is 0 Å². The number of hydrogen-bond donors (Lipinski definition) is 2. The van der Waals surface area contributed by atoms with Crippen LogP contribution < -0.4 is 10.1 Å². The molecule has 2 N–H and O–H groups in total. The molecule has 0 bridgehead atoms. The second-order valence-corrected chi connectivity index (χ2v) is 4.00. The van der Waals surface area contributed by atoms with Crippen molar-refractivity contribution in [1.29, 1.82) is 0 Å². The Labute approximate surface area is 111 Å². The third-order valence-corrected chi connectivity index (χ3v) is 2.54. The van der Waals surface area contributed by atoms with Crippen molar-refractivity contribution < 1.29 is 23.8 Å². The van der Waals surface area contributed by atoms with Gasteiger partial charge >= 0.3 is 0 Å². The van der Waals surface area contributed by atoms with Crippen LogP contribution in [-0.4, -0.2) is 44.5 Å². The first-order valence-corrected chi connectivity index (χ1v) is 5.87. The monoisotopic (exact) mass is 271 g/mol. The van der Waals surface area contributed by atoms with Crippen LogP contribution >= 0.6 is 0 Å². The molecule has 0 aliphatic rings. The topological polar surface area (TPSA) is 67.8 Å². The van der Waals surface area contributed by atoms with Gasteiger partial charge in [-0.2, -0.15) is 0 Å². The van der Waals surface area contributed by atoms with Gasteiger partial charge in [-0.15, -0.1) is 0 Å². The zero-order valence-corrected chi connectivity index (χ0v) is 11.0. The summed E-state index contributed by atoms with van der Waals surface area (Å²) in [5.41, 5.74) is 0.305. The van der Waals surface area contributed by atoms with Gasteiger partial charge in [0.2, 0.25) is 0 Å². The van der Waals surface area contributed by atoms with E-state index < -0.39 is 11.9 Å². The van der Waals surface area contributed by atoms with Gasteiger partial charge in [-0.3, -0.25) is 4.79 Å². The molecule has 6 heteroatoms. The molecule has 0 fully saturated rings. The number of halogens is 1. The summed E-state index contributed by atoms with van der Waals surface area (Å²) < 4.78 is 22.7. The molecule has 1 aromatic carbocycles. The van der Waals surface area contributed by atoms with Crippen molar-refractivity contribution in [3.8, 4) is 5.75 Å². The molecule has 0 saturated carbocycles. The molecule has 0 aliphatic carbocycles. The van der Waals surface area contributed by atoms with Gasteiger partial charge in [0.25, 0.3) is 5.91 Å². The highest BCUT2D eigenvalue weighted by atomic mass is 19.1. The summed E-state index contributed by atoms with van der Waals surface area (Å²) in [4.78, 5) is 11.8. The fourth-order valence-electron chi connectivity index (χ4n) is 1.53. The van der Waals surface area contributed by atoms with Gasteiger partial charge in [0.15, 0.2) is 11.6 Å². The number of benzene rings is 1. The van der Waals surface area contributed by atoms with Crippen LogP contribution in [0.5, 0.6) is 5.75 Å². The second kappa shape index (κ2) is 7.70. The van der Waals surface area contributed by atoms with E-state index in [0.29, 0.717) is 18.5 Å². The van der Waals surface area contributed by atoms with Crippen LogP contribution in [0.1, 0.15) is 16.8 Å². The van der Waals surface area contributed by atoms with Crippen molar-refractivity contribution in [2.24, 2.45) is 0 Å². The summed E-state index contributed by atoms with van der Waals surface area (Å²) >= 11 is 0. The van der Waals surface area contributed by atoms with Crippen molar-refractivity contribution in [2.75, 3.05) is 27.4 Å². The molecule has 1 aromatic rings. The summed E-state index contributed by atoms with van der Waals surface area (Å²) in [5, 5.41) is 12.0. The first-order valence-electron chi connectivity index (χ1n) is 5.87. The highest BCUT2D eigenvalue weighted by Gasteiger charge is 2.10. The minimum atomic E-state index is -0.618. The maximum absolute atomic E-state index is 13.2. The Morgan fingerprint density at radius 3 is 2.84 bits per heavy atom. The Bertz CT molecular complexity index is 425. The minimum absolute atomic E-state index is 0.0204. The van der Waals surface area contributed by atoms with E-state index >= 15 is 0 Å². The number of aliphatic hydroxyl groups excluding tert-OH is 1. The van der Waals surface area contributed by atoms with E-state index in [0.717, 1.165) is 0 Å². The Balaban J connectivity index is 2.49. The van der Waals surface area contributed by atoms with Crippen LogP contribution in [0.4, 0.5) is 4.39 Å². The van der Waals surface area contributed by atoms with E-state index in [1.165, 1.54) is 32.4 Å². The van der Waals surface area contributed by atoms with E-state index in [2.05, 4.69) is 5.32 Å². The Kier molecular flexibility index (Phi) is 6.24. The van der Waals surface area contributed by atoms with E-state index in [-0.39, 0.29) is 18.3 Å². The molecule has 1 rings (SSSR count). The molecule has 1 unspecified atom stereocenters. The zero-order valence-electron chi connectivity index (χ0n) is 11.0. The predicted molar refractivity (Wildman–Crippen MR) is 67.8 cm³/mol. The Morgan fingerprint density at radius 2 is 2.21 bits per heavy atom. The number of ether oxygens (including phenoxy) is 2. The molecule has 106 valence electrons. The van der Waals surface area contributed by atoms with E-state index in [9.17, 15) is 14.3 Å². The van der Waals surface area contributed by atoms with Crippen molar-refractivity contribution in [2.45, 2.75) is 12.5 Å². The van der Waals surface area contributed by atoms with Crippen LogP contribution in [0.15, 0.2) is 18.2 Å². The average Bonchev–Trinajstić information content (AvgIpc) is 2.39. The first kappa shape index (κ1) is 15.4. The molecule has 0 aromatic heterocycles. The highest BCUT2D eigenvalue weighted by Crippen LogP contribution is 2.17. The quantitative estimate of drug-likeness (QED) is 0.775. The molecule has 19 heavy (non-hydrogen) atoms. The summed E-state index contributed by atoms with van der Waals surface area (Å²) in [7, 11) is 2.83. The lowest BCUT2D eigenvalue weighted by atomic mass is 10.2. The smallest absolute Gasteiger partial charge is 0.251 e. The third kappa shape index (κ3) is 4.84. The number of carbonyl (C=O) groups is 1. The van der Waals surface area contributed by atoms with Gasteiger partial charge in [0.05, 0.1) is 19.8 Å².